The molecule has 94 valence electrons. The molecule has 0 saturated carbocycles. The number of fused-ring (bicyclic) bond motifs is 1. The fourth-order valence-electron chi connectivity index (χ4n) is 1.77. The molecule has 0 atom stereocenters. The second-order valence-electron chi connectivity index (χ2n) is 4.00. The Morgan fingerprint density at radius 1 is 0.947 bits per heavy atom. The van der Waals surface area contributed by atoms with E-state index < -0.39 is 0 Å². The summed E-state index contributed by atoms with van der Waals surface area (Å²) in [6.07, 6.45) is 3.90. The molecule has 3 aromatic rings. The average molecular weight is 306 g/mol. The van der Waals surface area contributed by atoms with E-state index in [0.29, 0.717) is 10.0 Å². The predicted molar refractivity (Wildman–Crippen MR) is 85.0 cm³/mol. The molecule has 0 aliphatic heterocycles. The summed E-state index contributed by atoms with van der Waals surface area (Å²) in [6, 6.07) is 13.7. The van der Waals surface area contributed by atoms with Gasteiger partial charge in [-0.2, -0.15) is 0 Å². The van der Waals surface area contributed by atoms with Crippen LogP contribution in [0.1, 0.15) is 10.6 Å². The molecule has 0 aliphatic rings. The van der Waals surface area contributed by atoms with Crippen molar-refractivity contribution in [2.75, 3.05) is 0 Å². The molecular formula is C15H9Cl2NS. The van der Waals surface area contributed by atoms with E-state index in [1.165, 1.54) is 4.70 Å². The molecule has 0 aliphatic carbocycles. The minimum atomic E-state index is 0.563. The summed E-state index contributed by atoms with van der Waals surface area (Å²) >= 11 is 13.8. The number of hydrogen-bond donors (Lipinski definition) is 0. The van der Waals surface area contributed by atoms with Crippen LogP contribution >= 0.6 is 34.5 Å². The third-order valence-corrected chi connectivity index (χ3v) is 4.53. The second-order valence-corrected chi connectivity index (χ2v) is 5.84. The monoisotopic (exact) mass is 305 g/mol. The van der Waals surface area contributed by atoms with Gasteiger partial charge >= 0.3 is 0 Å². The number of aromatic nitrogens is 1. The highest BCUT2D eigenvalue weighted by molar-refractivity contribution is 7.19. The van der Waals surface area contributed by atoms with Crippen molar-refractivity contribution >= 4 is 56.9 Å². The Bertz CT molecular complexity index is 729. The van der Waals surface area contributed by atoms with Crippen LogP contribution in [0.4, 0.5) is 0 Å². The van der Waals surface area contributed by atoms with Crippen LogP contribution in [-0.4, -0.2) is 4.98 Å². The quantitative estimate of drug-likeness (QED) is 0.585. The normalized spacial score (nSPS) is 11.5. The Balaban J connectivity index is 1.96. The highest BCUT2D eigenvalue weighted by atomic mass is 35.5. The minimum Gasteiger partial charge on any atom is -0.237 e. The molecule has 0 N–H and O–H groups in total. The van der Waals surface area contributed by atoms with Crippen molar-refractivity contribution in [2.24, 2.45) is 0 Å². The Morgan fingerprint density at radius 3 is 2.63 bits per heavy atom. The van der Waals surface area contributed by atoms with E-state index in [1.807, 2.05) is 42.5 Å². The van der Waals surface area contributed by atoms with Crippen LogP contribution in [0, 0.1) is 0 Å². The predicted octanol–water partition coefficient (Wildman–Crippen LogP) is 5.77. The minimum absolute atomic E-state index is 0.563. The van der Waals surface area contributed by atoms with Crippen molar-refractivity contribution in [3.05, 3.63) is 63.1 Å². The number of hydrogen-bond acceptors (Lipinski definition) is 2. The summed E-state index contributed by atoms with van der Waals surface area (Å²) in [5, 5.41) is 2.09. The van der Waals surface area contributed by atoms with E-state index in [0.717, 1.165) is 16.1 Å². The smallest absolute Gasteiger partial charge is 0.117 e. The van der Waals surface area contributed by atoms with E-state index >= 15 is 0 Å². The zero-order valence-corrected chi connectivity index (χ0v) is 12.1. The molecule has 0 fully saturated rings. The van der Waals surface area contributed by atoms with Crippen molar-refractivity contribution in [1.29, 1.82) is 0 Å². The van der Waals surface area contributed by atoms with E-state index in [2.05, 4.69) is 11.1 Å². The lowest BCUT2D eigenvalue weighted by Crippen LogP contribution is -1.76. The third kappa shape index (κ3) is 2.66. The van der Waals surface area contributed by atoms with Gasteiger partial charge in [-0.1, -0.05) is 53.5 Å². The molecule has 1 aromatic heterocycles. The van der Waals surface area contributed by atoms with Gasteiger partial charge in [-0.3, -0.25) is 0 Å². The molecule has 1 heterocycles. The van der Waals surface area contributed by atoms with Gasteiger partial charge in [0, 0.05) is 0 Å². The molecule has 0 saturated heterocycles. The first kappa shape index (κ1) is 12.7. The summed E-state index contributed by atoms with van der Waals surface area (Å²) in [5.74, 6) is 0. The number of halogens is 2. The highest BCUT2D eigenvalue weighted by Crippen LogP contribution is 2.28. The van der Waals surface area contributed by atoms with Gasteiger partial charge in [0.15, 0.2) is 0 Å². The van der Waals surface area contributed by atoms with Crippen molar-refractivity contribution in [3.63, 3.8) is 0 Å². The molecule has 0 spiro atoms. The summed E-state index contributed by atoms with van der Waals surface area (Å²) in [4.78, 5) is 4.54. The van der Waals surface area contributed by atoms with Gasteiger partial charge in [0.2, 0.25) is 0 Å². The molecule has 3 rings (SSSR count). The number of benzene rings is 2. The summed E-state index contributed by atoms with van der Waals surface area (Å²) in [6.45, 7) is 0. The number of rotatable bonds is 2. The van der Waals surface area contributed by atoms with Crippen molar-refractivity contribution < 1.29 is 0 Å². The molecule has 0 amide bonds. The van der Waals surface area contributed by atoms with E-state index in [-0.39, 0.29) is 0 Å². The first-order valence-electron chi connectivity index (χ1n) is 5.72. The van der Waals surface area contributed by atoms with Gasteiger partial charge in [0.05, 0.1) is 20.3 Å². The first-order chi connectivity index (χ1) is 9.24. The van der Waals surface area contributed by atoms with Crippen molar-refractivity contribution in [1.82, 2.24) is 4.98 Å². The standard InChI is InChI=1S/C15H9Cl2NS/c16-11-5-3-4-10(15(11)17)8-9-14-18-12-6-1-2-7-13(12)19-14/h1-9H. The topological polar surface area (TPSA) is 12.9 Å². The molecule has 1 nitrogen and oxygen atoms in total. The maximum Gasteiger partial charge on any atom is 0.117 e. The van der Waals surface area contributed by atoms with Crippen molar-refractivity contribution in [3.8, 4) is 0 Å². The van der Waals surface area contributed by atoms with Crippen LogP contribution in [0.25, 0.3) is 22.4 Å². The zero-order chi connectivity index (χ0) is 13.2. The maximum atomic E-state index is 6.14. The van der Waals surface area contributed by atoms with Crippen LogP contribution in [-0.2, 0) is 0 Å². The Labute approximate surface area is 125 Å². The number of nitrogens with zero attached hydrogens (tertiary/aromatic N) is 1. The van der Waals surface area contributed by atoms with E-state index in [9.17, 15) is 0 Å². The zero-order valence-electron chi connectivity index (χ0n) is 9.81. The van der Waals surface area contributed by atoms with Crippen LogP contribution < -0.4 is 0 Å². The van der Waals surface area contributed by atoms with Crippen LogP contribution in [0.15, 0.2) is 42.5 Å². The molecule has 0 unspecified atom stereocenters. The van der Waals surface area contributed by atoms with Gasteiger partial charge in [0.1, 0.15) is 5.01 Å². The Morgan fingerprint density at radius 2 is 1.79 bits per heavy atom. The Kier molecular flexibility index (Phi) is 3.56. The average Bonchev–Trinajstić information content (AvgIpc) is 2.83. The van der Waals surface area contributed by atoms with E-state index in [1.54, 1.807) is 17.4 Å². The maximum absolute atomic E-state index is 6.14. The van der Waals surface area contributed by atoms with Gasteiger partial charge in [-0.05, 0) is 29.8 Å². The number of thiazole rings is 1. The lowest BCUT2D eigenvalue weighted by Gasteiger charge is -1.98. The lowest BCUT2D eigenvalue weighted by atomic mass is 10.2. The number of para-hydroxylation sites is 1. The van der Waals surface area contributed by atoms with Gasteiger partial charge in [-0.15, -0.1) is 11.3 Å². The molecular weight excluding hydrogens is 297 g/mol. The van der Waals surface area contributed by atoms with Gasteiger partial charge in [0.25, 0.3) is 0 Å². The molecule has 4 heteroatoms. The molecule has 2 aromatic carbocycles. The molecule has 0 radical (unpaired) electrons. The van der Waals surface area contributed by atoms with Gasteiger partial charge in [-0.25, -0.2) is 4.98 Å². The van der Waals surface area contributed by atoms with Crippen LogP contribution in [0.2, 0.25) is 10.0 Å². The van der Waals surface area contributed by atoms with Crippen LogP contribution in [0.5, 0.6) is 0 Å². The largest absolute Gasteiger partial charge is 0.237 e. The second kappa shape index (κ2) is 5.33. The molecule has 19 heavy (non-hydrogen) atoms. The van der Waals surface area contributed by atoms with E-state index in [4.69, 9.17) is 23.2 Å². The van der Waals surface area contributed by atoms with Gasteiger partial charge < -0.3 is 0 Å². The summed E-state index contributed by atoms with van der Waals surface area (Å²) < 4.78 is 1.18. The van der Waals surface area contributed by atoms with Crippen molar-refractivity contribution in [2.45, 2.75) is 0 Å². The highest BCUT2D eigenvalue weighted by Gasteiger charge is 2.02. The third-order valence-electron chi connectivity index (χ3n) is 2.70. The van der Waals surface area contributed by atoms with Crippen LogP contribution in [0.3, 0.4) is 0 Å². The summed E-state index contributed by atoms with van der Waals surface area (Å²) in [5.41, 5.74) is 1.91. The fourth-order valence-corrected chi connectivity index (χ4v) is 3.01. The fraction of sp³-hybridized carbons (Fsp3) is 0. The SMILES string of the molecule is Clc1cccc(C=Cc2nc3ccccc3s2)c1Cl. The summed E-state index contributed by atoms with van der Waals surface area (Å²) in [7, 11) is 0. The first-order valence-corrected chi connectivity index (χ1v) is 7.29. The lowest BCUT2D eigenvalue weighted by molar-refractivity contribution is 1.46. The Hall–Kier alpha value is -1.35. The molecule has 0 bridgehead atoms.